The van der Waals surface area contributed by atoms with Crippen LogP contribution in [-0.2, 0) is 16.6 Å². The predicted octanol–water partition coefficient (Wildman–Crippen LogP) is 5.73. The Bertz CT molecular complexity index is 1210. The van der Waals surface area contributed by atoms with Gasteiger partial charge in [-0.05, 0) is 66.4 Å². The molecule has 0 aromatic heterocycles. The Balaban J connectivity index is 1.35. The summed E-state index contributed by atoms with van der Waals surface area (Å²) in [5.41, 5.74) is 2.43. The summed E-state index contributed by atoms with van der Waals surface area (Å²) < 4.78 is 33.2. The Labute approximate surface area is 201 Å². The quantitative estimate of drug-likeness (QED) is 0.308. The number of benzene rings is 3. The highest BCUT2D eigenvalue weighted by molar-refractivity contribution is 7.89. The van der Waals surface area contributed by atoms with Crippen molar-refractivity contribution < 1.29 is 17.9 Å². The van der Waals surface area contributed by atoms with Gasteiger partial charge in [0.05, 0.1) is 4.90 Å². The minimum absolute atomic E-state index is 0.178. The largest absolute Gasteiger partial charge is 0.489 e. The molecule has 3 aromatic carbocycles. The zero-order chi connectivity index (χ0) is 23.8. The Morgan fingerprint density at radius 3 is 2.12 bits per heavy atom. The number of carbonyl (C=O) groups is 1. The highest BCUT2D eigenvalue weighted by Crippen LogP contribution is 2.21. The van der Waals surface area contributed by atoms with Gasteiger partial charge in [0.1, 0.15) is 12.4 Å². The number of nitrogens with zero attached hydrogens (tertiary/aromatic N) is 1. The van der Waals surface area contributed by atoms with E-state index in [2.05, 4.69) is 0 Å². The second-order valence-corrected chi connectivity index (χ2v) is 10.3. The molecule has 0 aliphatic carbocycles. The van der Waals surface area contributed by atoms with Crippen LogP contribution >= 0.6 is 0 Å². The molecule has 0 unspecified atom stereocenters. The summed E-state index contributed by atoms with van der Waals surface area (Å²) in [6.07, 6.45) is 7.15. The SMILES string of the molecule is O=C(/C=C/c1ccc(OCc2ccccc2)cc1)c1ccc(S(=O)(=O)N2CCCCCC2)cc1. The lowest BCUT2D eigenvalue weighted by atomic mass is 10.1. The molecule has 5 nitrogen and oxygen atoms in total. The van der Waals surface area contributed by atoms with Crippen molar-refractivity contribution >= 4 is 21.9 Å². The normalized spacial score (nSPS) is 15.2. The van der Waals surface area contributed by atoms with E-state index < -0.39 is 10.0 Å². The molecule has 6 heteroatoms. The maximum Gasteiger partial charge on any atom is 0.243 e. The molecule has 1 fully saturated rings. The first kappa shape index (κ1) is 23.9. The summed E-state index contributed by atoms with van der Waals surface area (Å²) in [6, 6.07) is 23.7. The molecule has 4 rings (SSSR count). The van der Waals surface area contributed by atoms with E-state index in [4.69, 9.17) is 4.74 Å². The van der Waals surface area contributed by atoms with E-state index in [-0.39, 0.29) is 10.7 Å². The molecule has 3 aromatic rings. The molecule has 0 atom stereocenters. The third kappa shape index (κ3) is 6.22. The van der Waals surface area contributed by atoms with Crippen molar-refractivity contribution in [3.8, 4) is 5.75 Å². The van der Waals surface area contributed by atoms with Gasteiger partial charge in [-0.3, -0.25) is 4.79 Å². The molecule has 1 saturated heterocycles. The molecule has 1 aliphatic heterocycles. The number of hydrogen-bond acceptors (Lipinski definition) is 4. The smallest absolute Gasteiger partial charge is 0.243 e. The molecule has 34 heavy (non-hydrogen) atoms. The van der Waals surface area contributed by atoms with Gasteiger partial charge in [0, 0.05) is 18.7 Å². The molecule has 0 spiro atoms. The van der Waals surface area contributed by atoms with E-state index in [1.165, 1.54) is 18.2 Å². The van der Waals surface area contributed by atoms with Gasteiger partial charge in [-0.2, -0.15) is 4.31 Å². The number of ketones is 1. The van der Waals surface area contributed by atoms with E-state index in [0.717, 1.165) is 42.6 Å². The Morgan fingerprint density at radius 2 is 1.47 bits per heavy atom. The van der Waals surface area contributed by atoms with E-state index in [9.17, 15) is 13.2 Å². The average molecular weight is 476 g/mol. The Kier molecular flexibility index (Phi) is 7.93. The standard InChI is InChI=1S/C28H29NO4S/c30-28(19-12-23-10-15-26(16-11-23)33-22-24-8-4-3-5-9-24)25-13-17-27(18-14-25)34(31,32)29-20-6-1-2-7-21-29/h3-5,8-19H,1-2,6-7,20-22H2/b19-12+. The topological polar surface area (TPSA) is 63.7 Å². The molecule has 0 amide bonds. The van der Waals surface area contributed by atoms with E-state index in [1.807, 2.05) is 54.6 Å². The van der Waals surface area contributed by atoms with Crippen molar-refractivity contribution in [2.24, 2.45) is 0 Å². The number of sulfonamides is 1. The summed E-state index contributed by atoms with van der Waals surface area (Å²) >= 11 is 0. The lowest BCUT2D eigenvalue weighted by Gasteiger charge is -2.19. The lowest BCUT2D eigenvalue weighted by Crippen LogP contribution is -2.31. The third-order valence-electron chi connectivity index (χ3n) is 5.90. The first-order valence-electron chi connectivity index (χ1n) is 11.6. The van der Waals surface area contributed by atoms with Crippen molar-refractivity contribution in [2.75, 3.05) is 13.1 Å². The highest BCUT2D eigenvalue weighted by Gasteiger charge is 2.25. The van der Waals surface area contributed by atoms with Crippen LogP contribution in [-0.4, -0.2) is 31.6 Å². The number of ether oxygens (including phenoxy) is 1. The van der Waals surface area contributed by atoms with Gasteiger partial charge in [-0.15, -0.1) is 0 Å². The van der Waals surface area contributed by atoms with Gasteiger partial charge in [0.2, 0.25) is 10.0 Å². The molecule has 1 heterocycles. The maximum atomic E-state index is 12.9. The maximum absolute atomic E-state index is 12.9. The predicted molar refractivity (Wildman–Crippen MR) is 134 cm³/mol. The Morgan fingerprint density at radius 1 is 0.824 bits per heavy atom. The average Bonchev–Trinajstić information content (AvgIpc) is 3.18. The number of carbonyl (C=O) groups excluding carboxylic acids is 1. The molecule has 0 saturated carbocycles. The van der Waals surface area contributed by atoms with Crippen LogP contribution in [0, 0.1) is 0 Å². The van der Waals surface area contributed by atoms with Crippen LogP contribution in [0.3, 0.4) is 0 Å². The Hall–Kier alpha value is -3.22. The zero-order valence-electron chi connectivity index (χ0n) is 19.1. The molecular formula is C28H29NO4S. The van der Waals surface area contributed by atoms with Crippen molar-refractivity contribution in [2.45, 2.75) is 37.2 Å². The van der Waals surface area contributed by atoms with Crippen molar-refractivity contribution in [3.63, 3.8) is 0 Å². The van der Waals surface area contributed by atoms with Crippen LogP contribution in [0.4, 0.5) is 0 Å². The van der Waals surface area contributed by atoms with Gasteiger partial charge in [0.25, 0.3) is 0 Å². The van der Waals surface area contributed by atoms with E-state index in [1.54, 1.807) is 22.5 Å². The van der Waals surface area contributed by atoms with Crippen molar-refractivity contribution in [3.05, 3.63) is 102 Å². The fourth-order valence-corrected chi connectivity index (χ4v) is 5.42. The van der Waals surface area contributed by atoms with Crippen molar-refractivity contribution in [1.82, 2.24) is 4.31 Å². The fraction of sp³-hybridized carbons (Fsp3) is 0.250. The summed E-state index contributed by atoms with van der Waals surface area (Å²) in [4.78, 5) is 12.8. The molecule has 1 aliphatic rings. The summed E-state index contributed by atoms with van der Waals surface area (Å²) in [5, 5.41) is 0. The monoisotopic (exact) mass is 475 g/mol. The molecule has 0 N–H and O–H groups in total. The molecule has 0 radical (unpaired) electrons. The molecule has 176 valence electrons. The highest BCUT2D eigenvalue weighted by atomic mass is 32.2. The number of rotatable bonds is 8. The minimum Gasteiger partial charge on any atom is -0.489 e. The van der Waals surface area contributed by atoms with Gasteiger partial charge in [0.15, 0.2) is 5.78 Å². The summed E-state index contributed by atoms with van der Waals surface area (Å²) in [7, 11) is -3.52. The minimum atomic E-state index is -3.52. The van der Waals surface area contributed by atoms with Crippen LogP contribution in [0.1, 0.15) is 47.2 Å². The van der Waals surface area contributed by atoms with E-state index >= 15 is 0 Å². The number of allylic oxidation sites excluding steroid dienone is 1. The van der Waals surface area contributed by atoms with Crippen LogP contribution in [0.15, 0.2) is 89.8 Å². The van der Waals surface area contributed by atoms with Gasteiger partial charge in [-0.1, -0.05) is 61.4 Å². The third-order valence-corrected chi connectivity index (χ3v) is 7.81. The van der Waals surface area contributed by atoms with Crippen molar-refractivity contribution in [1.29, 1.82) is 0 Å². The summed E-state index contributed by atoms with van der Waals surface area (Å²) in [6.45, 7) is 1.61. The van der Waals surface area contributed by atoms with Crippen LogP contribution in [0.25, 0.3) is 6.08 Å². The van der Waals surface area contributed by atoms with Gasteiger partial charge < -0.3 is 4.74 Å². The summed E-state index contributed by atoms with van der Waals surface area (Å²) in [5.74, 6) is 0.580. The van der Waals surface area contributed by atoms with Crippen LogP contribution in [0.2, 0.25) is 0 Å². The molecular weight excluding hydrogens is 446 g/mol. The first-order chi connectivity index (χ1) is 16.5. The van der Waals surface area contributed by atoms with Gasteiger partial charge >= 0.3 is 0 Å². The second-order valence-electron chi connectivity index (χ2n) is 8.38. The lowest BCUT2D eigenvalue weighted by molar-refractivity contribution is 0.104. The first-order valence-corrected chi connectivity index (χ1v) is 13.1. The van der Waals surface area contributed by atoms with Crippen LogP contribution < -0.4 is 4.74 Å². The van der Waals surface area contributed by atoms with Gasteiger partial charge in [-0.25, -0.2) is 8.42 Å². The van der Waals surface area contributed by atoms with Crippen LogP contribution in [0.5, 0.6) is 5.75 Å². The second kappa shape index (κ2) is 11.3. The molecule has 0 bridgehead atoms. The zero-order valence-corrected chi connectivity index (χ0v) is 19.9. The van der Waals surface area contributed by atoms with E-state index in [0.29, 0.717) is 25.3 Å². The number of hydrogen-bond donors (Lipinski definition) is 0. The fourth-order valence-electron chi connectivity index (χ4n) is 3.91.